The lowest BCUT2D eigenvalue weighted by Crippen LogP contribution is -2.54. The second-order valence-electron chi connectivity index (χ2n) is 7.12. The Balaban J connectivity index is 2.44. The molecule has 0 radical (unpaired) electrons. The van der Waals surface area contributed by atoms with E-state index in [2.05, 4.69) is 16.0 Å². The zero-order valence-electron chi connectivity index (χ0n) is 14.3. The van der Waals surface area contributed by atoms with Gasteiger partial charge < -0.3 is 20.9 Å². The fourth-order valence-corrected chi connectivity index (χ4v) is 2.29. The average molecular weight is 312 g/mol. The molecule has 0 saturated carbocycles. The molecule has 0 aromatic heterocycles. The molecule has 126 valence electrons. The Morgan fingerprint density at radius 3 is 2.27 bits per heavy atom. The molecule has 7 nitrogen and oxygen atoms in total. The van der Waals surface area contributed by atoms with Gasteiger partial charge in [-0.2, -0.15) is 0 Å². The largest absolute Gasteiger partial charge is 0.350 e. The molecule has 0 aromatic carbocycles. The fraction of sp³-hybridized carbons (Fsp3) is 0.800. The maximum Gasteiger partial charge on any atom is 0.315 e. The third-order valence-electron chi connectivity index (χ3n) is 3.36. The van der Waals surface area contributed by atoms with Crippen LogP contribution in [0.4, 0.5) is 4.79 Å². The van der Waals surface area contributed by atoms with Crippen molar-refractivity contribution in [1.82, 2.24) is 20.9 Å². The minimum absolute atomic E-state index is 0.0406. The molecule has 0 bridgehead atoms. The molecule has 1 aliphatic heterocycles. The molecule has 22 heavy (non-hydrogen) atoms. The molecule has 1 saturated heterocycles. The molecule has 1 heterocycles. The lowest BCUT2D eigenvalue weighted by molar-refractivity contribution is -0.129. The van der Waals surface area contributed by atoms with Gasteiger partial charge in [-0.05, 0) is 41.5 Å². The minimum Gasteiger partial charge on any atom is -0.350 e. The first kappa shape index (κ1) is 18.3. The Morgan fingerprint density at radius 1 is 1.23 bits per heavy atom. The third-order valence-corrected chi connectivity index (χ3v) is 3.36. The normalized spacial score (nSPS) is 20.0. The van der Waals surface area contributed by atoms with Gasteiger partial charge in [0.15, 0.2) is 0 Å². The maximum absolute atomic E-state index is 11.9. The Bertz CT molecular complexity index is 443. The number of hydrogen-bond donors (Lipinski definition) is 3. The summed E-state index contributed by atoms with van der Waals surface area (Å²) < 4.78 is 0. The molecular weight excluding hydrogens is 284 g/mol. The molecule has 4 amide bonds. The van der Waals surface area contributed by atoms with E-state index < -0.39 is 12.1 Å². The van der Waals surface area contributed by atoms with Crippen LogP contribution in [0.2, 0.25) is 0 Å². The van der Waals surface area contributed by atoms with E-state index in [-0.39, 0.29) is 29.4 Å². The predicted molar refractivity (Wildman–Crippen MR) is 84.3 cm³/mol. The fourth-order valence-electron chi connectivity index (χ4n) is 2.29. The van der Waals surface area contributed by atoms with Crippen LogP contribution in [0.3, 0.4) is 0 Å². The van der Waals surface area contributed by atoms with E-state index in [0.717, 1.165) is 0 Å². The quantitative estimate of drug-likeness (QED) is 0.710. The number of rotatable bonds is 4. The van der Waals surface area contributed by atoms with Gasteiger partial charge in [0.2, 0.25) is 11.8 Å². The molecule has 0 aromatic rings. The number of carbonyl (C=O) groups is 3. The summed E-state index contributed by atoms with van der Waals surface area (Å²) >= 11 is 0. The lowest BCUT2D eigenvalue weighted by Gasteiger charge is -2.24. The molecular formula is C15H28N4O3. The highest BCUT2D eigenvalue weighted by Gasteiger charge is 2.32. The van der Waals surface area contributed by atoms with E-state index in [0.29, 0.717) is 13.0 Å². The van der Waals surface area contributed by atoms with Crippen molar-refractivity contribution in [3.8, 4) is 0 Å². The van der Waals surface area contributed by atoms with Gasteiger partial charge in [-0.3, -0.25) is 9.59 Å². The predicted octanol–water partition coefficient (Wildman–Crippen LogP) is 0.598. The van der Waals surface area contributed by atoms with E-state index in [9.17, 15) is 14.4 Å². The summed E-state index contributed by atoms with van der Waals surface area (Å²) in [5, 5.41) is 8.15. The Labute approximate surface area is 132 Å². The summed E-state index contributed by atoms with van der Waals surface area (Å²) in [6, 6.07) is -1.16. The van der Waals surface area contributed by atoms with Crippen LogP contribution in [0.1, 0.15) is 48.0 Å². The highest BCUT2D eigenvalue weighted by atomic mass is 16.2. The van der Waals surface area contributed by atoms with Gasteiger partial charge in [0.25, 0.3) is 0 Å². The summed E-state index contributed by atoms with van der Waals surface area (Å²) in [5.74, 6) is -0.201. The van der Waals surface area contributed by atoms with Gasteiger partial charge in [-0.25, -0.2) is 4.79 Å². The lowest BCUT2D eigenvalue weighted by atomic mass is 10.1. The molecule has 7 heteroatoms. The van der Waals surface area contributed by atoms with Crippen LogP contribution in [0, 0.1) is 0 Å². The van der Waals surface area contributed by atoms with Crippen LogP contribution in [0.5, 0.6) is 0 Å². The second kappa shape index (κ2) is 6.98. The van der Waals surface area contributed by atoms with Gasteiger partial charge in [0, 0.05) is 24.5 Å². The van der Waals surface area contributed by atoms with E-state index in [1.807, 2.05) is 34.6 Å². The van der Waals surface area contributed by atoms with Gasteiger partial charge in [0.05, 0.1) is 6.04 Å². The highest BCUT2D eigenvalue weighted by Crippen LogP contribution is 2.14. The van der Waals surface area contributed by atoms with Crippen LogP contribution in [-0.4, -0.2) is 53.0 Å². The van der Waals surface area contributed by atoms with Crippen LogP contribution in [0.15, 0.2) is 0 Å². The molecule has 0 aliphatic carbocycles. The van der Waals surface area contributed by atoms with Crippen LogP contribution >= 0.6 is 0 Å². The SMILES string of the molecule is CC(C)N1C[C@@H](NC(=O)N[C@@H](C)C(=O)NC(C)(C)C)CC1=O. The van der Waals surface area contributed by atoms with Crippen molar-refractivity contribution in [2.45, 2.75) is 71.6 Å². The minimum atomic E-state index is -0.641. The Morgan fingerprint density at radius 2 is 1.82 bits per heavy atom. The number of nitrogens with one attached hydrogen (secondary N) is 3. The first-order chi connectivity index (χ1) is 9.99. The maximum atomic E-state index is 11.9. The summed E-state index contributed by atoms with van der Waals surface area (Å²) in [7, 11) is 0. The van der Waals surface area contributed by atoms with Crippen molar-refractivity contribution in [2.75, 3.05) is 6.54 Å². The van der Waals surface area contributed by atoms with Gasteiger partial charge in [-0.1, -0.05) is 0 Å². The number of amides is 4. The smallest absolute Gasteiger partial charge is 0.315 e. The third kappa shape index (κ3) is 5.54. The van der Waals surface area contributed by atoms with E-state index in [1.54, 1.807) is 11.8 Å². The first-order valence-electron chi connectivity index (χ1n) is 7.68. The van der Waals surface area contributed by atoms with Crippen molar-refractivity contribution in [1.29, 1.82) is 0 Å². The summed E-state index contributed by atoms with van der Waals surface area (Å²) in [4.78, 5) is 37.4. The molecule has 1 fully saturated rings. The van der Waals surface area contributed by atoms with E-state index in [1.165, 1.54) is 0 Å². The zero-order chi connectivity index (χ0) is 17.1. The zero-order valence-corrected chi connectivity index (χ0v) is 14.3. The first-order valence-corrected chi connectivity index (χ1v) is 7.68. The monoisotopic (exact) mass is 312 g/mol. The molecule has 1 rings (SSSR count). The number of likely N-dealkylation sites (tertiary alicyclic amines) is 1. The van der Waals surface area contributed by atoms with Crippen molar-refractivity contribution >= 4 is 17.8 Å². The molecule has 0 spiro atoms. The van der Waals surface area contributed by atoms with Crippen molar-refractivity contribution < 1.29 is 14.4 Å². The van der Waals surface area contributed by atoms with Gasteiger partial charge >= 0.3 is 6.03 Å². The summed E-state index contributed by atoms with van der Waals surface area (Å²) in [6.07, 6.45) is 0.300. The van der Waals surface area contributed by atoms with E-state index in [4.69, 9.17) is 0 Å². The number of nitrogens with zero attached hydrogens (tertiary/aromatic N) is 1. The highest BCUT2D eigenvalue weighted by molar-refractivity contribution is 5.87. The molecule has 2 atom stereocenters. The van der Waals surface area contributed by atoms with Crippen LogP contribution in [0.25, 0.3) is 0 Å². The van der Waals surface area contributed by atoms with Crippen molar-refractivity contribution in [3.63, 3.8) is 0 Å². The van der Waals surface area contributed by atoms with Gasteiger partial charge in [-0.15, -0.1) is 0 Å². The van der Waals surface area contributed by atoms with Crippen LogP contribution < -0.4 is 16.0 Å². The van der Waals surface area contributed by atoms with E-state index >= 15 is 0 Å². The summed E-state index contributed by atoms with van der Waals surface area (Å²) in [5.41, 5.74) is -0.348. The average Bonchev–Trinajstić information content (AvgIpc) is 2.67. The molecule has 3 N–H and O–H groups in total. The number of hydrogen-bond acceptors (Lipinski definition) is 3. The number of urea groups is 1. The Kier molecular flexibility index (Phi) is 5.79. The standard InChI is InChI=1S/C15H28N4O3/c1-9(2)19-8-11(7-12(19)20)17-14(22)16-10(3)13(21)18-15(4,5)6/h9-11H,7-8H2,1-6H3,(H,18,21)(H2,16,17,22)/t10-,11-/m0/s1. The second-order valence-corrected chi connectivity index (χ2v) is 7.12. The topological polar surface area (TPSA) is 90.5 Å². The summed E-state index contributed by atoms with van der Waals surface area (Å²) in [6.45, 7) is 11.7. The Hall–Kier alpha value is -1.79. The molecule has 1 aliphatic rings. The number of carbonyl (C=O) groups excluding carboxylic acids is 3. The van der Waals surface area contributed by atoms with Crippen molar-refractivity contribution in [3.05, 3.63) is 0 Å². The van der Waals surface area contributed by atoms with Crippen molar-refractivity contribution in [2.24, 2.45) is 0 Å². The molecule has 0 unspecified atom stereocenters. The van der Waals surface area contributed by atoms with Crippen LogP contribution in [-0.2, 0) is 9.59 Å². The van der Waals surface area contributed by atoms with Gasteiger partial charge in [0.1, 0.15) is 6.04 Å².